The number of fused-ring (bicyclic) bond motifs is 1. The average molecular weight is 823 g/mol. The smallest absolute Gasteiger partial charge is 0.240 e. The summed E-state index contributed by atoms with van der Waals surface area (Å²) in [5, 5.41) is 4.00. The number of halogens is 2. The molecule has 1 aliphatic rings. The fraction of sp³-hybridized carbons (Fsp3) is 0.649. The van der Waals surface area contributed by atoms with E-state index in [1.165, 1.54) is 0 Å². The SMILES string of the molecule is CCOCCOCCOCCOCCOCCC(=O)NCCOCCOCCOCCNS(=O)(=O)c1ccc(C2CN(C)Cc3c(Cl)cc(Cl)cc32)cc1. The number of benzene rings is 2. The molecular weight excluding hydrogens is 765 g/mol. The lowest BCUT2D eigenvalue weighted by Crippen LogP contribution is -2.31. The van der Waals surface area contributed by atoms with Gasteiger partial charge in [0, 0.05) is 55.2 Å². The van der Waals surface area contributed by atoms with Gasteiger partial charge in [0.15, 0.2) is 0 Å². The molecule has 1 aliphatic heterocycles. The lowest BCUT2D eigenvalue weighted by molar-refractivity contribution is -0.122. The Balaban J connectivity index is 1.10. The Labute approximate surface area is 330 Å². The Morgan fingerprint density at radius 3 is 1.78 bits per heavy atom. The zero-order chi connectivity index (χ0) is 38.9. The van der Waals surface area contributed by atoms with E-state index in [0.29, 0.717) is 116 Å². The topological polar surface area (TPSA) is 152 Å². The van der Waals surface area contributed by atoms with Gasteiger partial charge in [-0.25, -0.2) is 13.1 Å². The highest BCUT2D eigenvalue weighted by molar-refractivity contribution is 7.89. The second-order valence-corrected chi connectivity index (χ2v) is 14.9. The summed E-state index contributed by atoms with van der Waals surface area (Å²) in [7, 11) is -1.67. The molecule has 3 rings (SSSR count). The molecule has 14 nitrogen and oxygen atoms in total. The predicted molar refractivity (Wildman–Crippen MR) is 206 cm³/mol. The third-order valence-corrected chi connectivity index (χ3v) is 10.1. The van der Waals surface area contributed by atoms with Crippen molar-refractivity contribution >= 4 is 39.1 Å². The van der Waals surface area contributed by atoms with Gasteiger partial charge in [0.1, 0.15) is 0 Å². The molecule has 0 saturated heterocycles. The first kappa shape index (κ1) is 46.4. The van der Waals surface area contributed by atoms with Gasteiger partial charge in [0.2, 0.25) is 15.9 Å². The average Bonchev–Trinajstić information content (AvgIpc) is 3.15. The van der Waals surface area contributed by atoms with Crippen LogP contribution < -0.4 is 10.0 Å². The molecule has 17 heteroatoms. The highest BCUT2D eigenvalue weighted by Crippen LogP contribution is 2.38. The number of nitrogens with zero attached hydrogens (tertiary/aromatic N) is 1. The van der Waals surface area contributed by atoms with Gasteiger partial charge in [0.05, 0.1) is 104 Å². The third kappa shape index (κ3) is 18.8. The van der Waals surface area contributed by atoms with Gasteiger partial charge in [-0.05, 0) is 54.9 Å². The van der Waals surface area contributed by atoms with Crippen LogP contribution in [0.3, 0.4) is 0 Å². The van der Waals surface area contributed by atoms with Crippen molar-refractivity contribution in [1.82, 2.24) is 14.9 Å². The third-order valence-electron chi connectivity index (χ3n) is 8.10. The van der Waals surface area contributed by atoms with E-state index < -0.39 is 10.0 Å². The van der Waals surface area contributed by atoms with Gasteiger partial charge in [-0.2, -0.15) is 0 Å². The van der Waals surface area contributed by atoms with Crippen LogP contribution in [0.15, 0.2) is 41.3 Å². The molecule has 0 radical (unpaired) electrons. The molecular formula is C37H57Cl2N3O11S. The maximum absolute atomic E-state index is 12.8. The monoisotopic (exact) mass is 821 g/mol. The summed E-state index contributed by atoms with van der Waals surface area (Å²) in [6.07, 6.45) is 0.255. The maximum Gasteiger partial charge on any atom is 0.240 e. The molecule has 2 N–H and O–H groups in total. The summed E-state index contributed by atoms with van der Waals surface area (Å²) in [6.45, 7) is 10.9. The lowest BCUT2D eigenvalue weighted by Gasteiger charge is -2.33. The molecule has 0 bridgehead atoms. The van der Waals surface area contributed by atoms with Gasteiger partial charge < -0.3 is 48.1 Å². The number of ether oxygens (including phenoxy) is 8. The molecule has 1 heterocycles. The second-order valence-electron chi connectivity index (χ2n) is 12.3. The van der Waals surface area contributed by atoms with Crippen molar-refractivity contribution in [2.45, 2.75) is 30.7 Å². The van der Waals surface area contributed by atoms with Crippen LogP contribution >= 0.6 is 23.2 Å². The minimum absolute atomic E-state index is 0.0223. The van der Waals surface area contributed by atoms with Crippen molar-refractivity contribution in [1.29, 1.82) is 0 Å². The van der Waals surface area contributed by atoms with Crippen molar-refractivity contribution in [3.8, 4) is 0 Å². The van der Waals surface area contributed by atoms with E-state index in [9.17, 15) is 13.2 Å². The highest BCUT2D eigenvalue weighted by Gasteiger charge is 2.27. The zero-order valence-corrected chi connectivity index (χ0v) is 33.8. The van der Waals surface area contributed by atoms with E-state index in [1.54, 1.807) is 18.2 Å². The summed E-state index contributed by atoms with van der Waals surface area (Å²) in [6, 6.07) is 10.6. The number of likely N-dealkylation sites (N-methyl/N-ethyl adjacent to an activating group) is 1. The van der Waals surface area contributed by atoms with Crippen LogP contribution in [-0.4, -0.2) is 152 Å². The van der Waals surface area contributed by atoms with E-state index in [1.807, 2.05) is 32.2 Å². The van der Waals surface area contributed by atoms with Crippen molar-refractivity contribution in [3.63, 3.8) is 0 Å². The van der Waals surface area contributed by atoms with E-state index in [2.05, 4.69) is 14.9 Å². The van der Waals surface area contributed by atoms with Crippen LogP contribution in [0.1, 0.15) is 36.0 Å². The molecule has 0 aromatic heterocycles. The predicted octanol–water partition coefficient (Wildman–Crippen LogP) is 3.51. The minimum atomic E-state index is -3.70. The van der Waals surface area contributed by atoms with Crippen molar-refractivity contribution in [2.75, 3.05) is 132 Å². The molecule has 0 fully saturated rings. The first-order valence-corrected chi connectivity index (χ1v) is 20.6. The molecule has 0 spiro atoms. The highest BCUT2D eigenvalue weighted by atomic mass is 35.5. The van der Waals surface area contributed by atoms with E-state index in [4.69, 9.17) is 61.1 Å². The van der Waals surface area contributed by atoms with Gasteiger partial charge >= 0.3 is 0 Å². The molecule has 0 aliphatic carbocycles. The Bertz CT molecular complexity index is 1440. The summed E-state index contributed by atoms with van der Waals surface area (Å²) < 4.78 is 71.5. The van der Waals surface area contributed by atoms with Gasteiger partial charge in [-0.3, -0.25) is 4.79 Å². The maximum atomic E-state index is 12.8. The fourth-order valence-electron chi connectivity index (χ4n) is 5.42. The molecule has 2 aromatic carbocycles. The van der Waals surface area contributed by atoms with Crippen molar-refractivity contribution in [3.05, 3.63) is 63.1 Å². The van der Waals surface area contributed by atoms with Crippen LogP contribution in [0.4, 0.5) is 0 Å². The number of carbonyl (C=O) groups is 1. The molecule has 1 amide bonds. The van der Waals surface area contributed by atoms with Gasteiger partial charge in [0.25, 0.3) is 0 Å². The quantitative estimate of drug-likeness (QED) is 0.107. The number of carbonyl (C=O) groups excluding carboxylic acids is 1. The molecule has 0 saturated carbocycles. The Morgan fingerprint density at radius 2 is 1.22 bits per heavy atom. The summed E-state index contributed by atoms with van der Waals surface area (Å²) >= 11 is 12.8. The Morgan fingerprint density at radius 1 is 0.722 bits per heavy atom. The molecule has 306 valence electrons. The van der Waals surface area contributed by atoms with Crippen LogP contribution in [0.25, 0.3) is 0 Å². The normalized spacial score (nSPS) is 14.7. The van der Waals surface area contributed by atoms with Gasteiger partial charge in [-0.15, -0.1) is 0 Å². The largest absolute Gasteiger partial charge is 0.379 e. The first-order chi connectivity index (χ1) is 26.2. The van der Waals surface area contributed by atoms with Gasteiger partial charge in [-0.1, -0.05) is 35.3 Å². The summed E-state index contributed by atoms with van der Waals surface area (Å²) in [5.74, 6) is -0.0920. The fourth-order valence-corrected chi connectivity index (χ4v) is 7.01. The molecule has 2 aromatic rings. The lowest BCUT2D eigenvalue weighted by atomic mass is 9.85. The molecule has 54 heavy (non-hydrogen) atoms. The second kappa shape index (κ2) is 27.6. The molecule has 1 atom stereocenters. The number of amides is 1. The van der Waals surface area contributed by atoms with Crippen LogP contribution in [0.2, 0.25) is 10.0 Å². The van der Waals surface area contributed by atoms with E-state index in [0.717, 1.165) is 29.8 Å². The summed E-state index contributed by atoms with van der Waals surface area (Å²) in [5.41, 5.74) is 3.09. The number of hydrogen-bond acceptors (Lipinski definition) is 12. The Kier molecular flexibility index (Phi) is 23.7. The number of nitrogens with one attached hydrogen (secondary N) is 2. The van der Waals surface area contributed by atoms with Crippen molar-refractivity contribution in [2.24, 2.45) is 0 Å². The van der Waals surface area contributed by atoms with E-state index in [-0.39, 0.29) is 36.3 Å². The van der Waals surface area contributed by atoms with Crippen LogP contribution in [0.5, 0.6) is 0 Å². The minimum Gasteiger partial charge on any atom is -0.379 e. The van der Waals surface area contributed by atoms with Crippen LogP contribution in [-0.2, 0) is 59.3 Å². The summed E-state index contributed by atoms with van der Waals surface area (Å²) in [4.78, 5) is 14.3. The van der Waals surface area contributed by atoms with Crippen LogP contribution in [0, 0.1) is 0 Å². The number of sulfonamides is 1. The first-order valence-electron chi connectivity index (χ1n) is 18.4. The zero-order valence-electron chi connectivity index (χ0n) is 31.5. The Hall–Kier alpha value is -1.96. The van der Waals surface area contributed by atoms with Crippen molar-refractivity contribution < 1.29 is 51.1 Å². The van der Waals surface area contributed by atoms with E-state index >= 15 is 0 Å². The molecule has 1 unspecified atom stereocenters. The number of rotatable bonds is 31. The standard InChI is InChI=1S/C37H57Cl2N3O11S/c1-3-46-14-15-50-22-23-53-25-24-51-19-16-47-11-8-37(43)40-9-12-48-17-20-52-21-18-49-13-10-41-54(44,45)32-6-4-30(5-7-32)34-28-42(2)29-35-33(34)26-31(38)27-36(35)39/h4-7,26-27,34,41H,3,8-25,28-29H2,1-2H3,(H,40,43). The number of hydrogen-bond donors (Lipinski definition) is 2.